The normalized spacial score (nSPS) is 10.8. The number of hydrogen-bond acceptors (Lipinski definition) is 5. The van der Waals surface area contributed by atoms with Crippen LogP contribution in [-0.4, -0.2) is 33.5 Å². The van der Waals surface area contributed by atoms with E-state index in [1.54, 1.807) is 7.11 Å². The van der Waals surface area contributed by atoms with Crippen LogP contribution in [0, 0.1) is 13.8 Å². The predicted molar refractivity (Wildman–Crippen MR) is 122 cm³/mol. The number of carbonyl (C=O) groups is 1. The van der Waals surface area contributed by atoms with Gasteiger partial charge in [-0.25, -0.2) is 0 Å². The molecule has 0 aliphatic heterocycles. The predicted octanol–water partition coefficient (Wildman–Crippen LogP) is 5.10. The molecule has 0 atom stereocenters. The van der Waals surface area contributed by atoms with Crippen molar-refractivity contribution in [2.45, 2.75) is 45.3 Å². The van der Waals surface area contributed by atoms with Crippen molar-refractivity contribution < 1.29 is 9.53 Å². The van der Waals surface area contributed by atoms with Gasteiger partial charge < -0.3 is 14.6 Å². The molecule has 30 heavy (non-hydrogen) atoms. The SMILES string of the molecule is CCCCn1c(SCC(=O)Nc2cc(C)cc(C)c2)nnc1-c1ccc(OC)cc1. The number of hydrogen-bond donors (Lipinski definition) is 1. The lowest BCUT2D eigenvalue weighted by Crippen LogP contribution is -2.15. The summed E-state index contributed by atoms with van der Waals surface area (Å²) in [5.41, 5.74) is 4.05. The highest BCUT2D eigenvalue weighted by Crippen LogP contribution is 2.26. The molecule has 0 unspecified atom stereocenters. The van der Waals surface area contributed by atoms with Crippen LogP contribution in [0.2, 0.25) is 0 Å². The number of benzene rings is 2. The molecule has 3 rings (SSSR count). The van der Waals surface area contributed by atoms with Crippen molar-refractivity contribution in [3.8, 4) is 17.1 Å². The summed E-state index contributed by atoms with van der Waals surface area (Å²) < 4.78 is 7.34. The molecule has 0 radical (unpaired) electrons. The minimum atomic E-state index is -0.0546. The third-order valence-corrected chi connectivity index (χ3v) is 5.60. The first-order valence-electron chi connectivity index (χ1n) is 10.1. The molecule has 2 aromatic carbocycles. The molecule has 3 aromatic rings. The van der Waals surface area contributed by atoms with Crippen molar-refractivity contribution in [1.29, 1.82) is 0 Å². The monoisotopic (exact) mass is 424 g/mol. The molecule has 158 valence electrons. The Labute approximate surface area is 182 Å². The van der Waals surface area contributed by atoms with Gasteiger partial charge in [0, 0.05) is 17.8 Å². The summed E-state index contributed by atoms with van der Waals surface area (Å²) in [4.78, 5) is 12.5. The maximum atomic E-state index is 12.5. The number of methoxy groups -OCH3 is 1. The highest BCUT2D eigenvalue weighted by Gasteiger charge is 2.16. The van der Waals surface area contributed by atoms with Crippen LogP contribution in [0.3, 0.4) is 0 Å². The Balaban J connectivity index is 1.72. The van der Waals surface area contributed by atoms with Crippen LogP contribution in [0.4, 0.5) is 5.69 Å². The number of anilines is 1. The lowest BCUT2D eigenvalue weighted by molar-refractivity contribution is -0.113. The molecule has 1 amide bonds. The van der Waals surface area contributed by atoms with Gasteiger partial charge in [0.1, 0.15) is 5.75 Å². The molecule has 0 aliphatic rings. The molecular weight excluding hydrogens is 396 g/mol. The van der Waals surface area contributed by atoms with Gasteiger partial charge in [-0.1, -0.05) is 31.2 Å². The number of aryl methyl sites for hydroxylation is 2. The minimum absolute atomic E-state index is 0.0546. The summed E-state index contributed by atoms with van der Waals surface area (Å²) >= 11 is 1.41. The highest BCUT2D eigenvalue weighted by molar-refractivity contribution is 7.99. The number of carbonyl (C=O) groups excluding carboxylic acids is 1. The number of nitrogens with one attached hydrogen (secondary N) is 1. The molecule has 6 nitrogen and oxygen atoms in total. The molecule has 0 fully saturated rings. The zero-order valence-corrected chi connectivity index (χ0v) is 18.8. The second kappa shape index (κ2) is 10.3. The van der Waals surface area contributed by atoms with E-state index in [-0.39, 0.29) is 11.7 Å². The quantitative estimate of drug-likeness (QED) is 0.484. The molecule has 0 saturated carbocycles. The maximum absolute atomic E-state index is 12.5. The van der Waals surface area contributed by atoms with Gasteiger partial charge in [-0.2, -0.15) is 0 Å². The maximum Gasteiger partial charge on any atom is 0.234 e. The van der Waals surface area contributed by atoms with Crippen molar-refractivity contribution in [1.82, 2.24) is 14.8 Å². The molecule has 1 N–H and O–H groups in total. The van der Waals surface area contributed by atoms with E-state index in [2.05, 4.69) is 33.1 Å². The summed E-state index contributed by atoms with van der Waals surface area (Å²) in [5.74, 6) is 1.83. The number of amides is 1. The van der Waals surface area contributed by atoms with Crippen LogP contribution in [0.1, 0.15) is 30.9 Å². The van der Waals surface area contributed by atoms with E-state index in [1.807, 2.05) is 50.2 Å². The zero-order valence-electron chi connectivity index (χ0n) is 17.9. The second-order valence-electron chi connectivity index (χ2n) is 7.25. The van der Waals surface area contributed by atoms with Crippen molar-refractivity contribution in [3.63, 3.8) is 0 Å². The first-order valence-corrected chi connectivity index (χ1v) is 11.1. The zero-order chi connectivity index (χ0) is 21.5. The molecule has 1 heterocycles. The Kier molecular flexibility index (Phi) is 7.52. The van der Waals surface area contributed by atoms with E-state index in [4.69, 9.17) is 4.74 Å². The topological polar surface area (TPSA) is 69.0 Å². The Hall–Kier alpha value is -2.80. The summed E-state index contributed by atoms with van der Waals surface area (Å²) in [6.45, 7) is 7.01. The number of unbranched alkanes of at least 4 members (excludes halogenated alkanes) is 1. The average Bonchev–Trinajstić information content (AvgIpc) is 3.12. The lowest BCUT2D eigenvalue weighted by Gasteiger charge is -2.10. The standard InChI is InChI=1S/C23H28N4O2S/c1-5-6-11-27-22(18-7-9-20(29-4)10-8-18)25-26-23(27)30-15-21(28)24-19-13-16(2)12-17(3)14-19/h7-10,12-14H,5-6,11,15H2,1-4H3,(H,24,28). The van der Waals surface area contributed by atoms with E-state index in [0.717, 1.165) is 58.5 Å². The Morgan fingerprint density at radius 3 is 2.43 bits per heavy atom. The van der Waals surface area contributed by atoms with E-state index in [1.165, 1.54) is 11.8 Å². The highest BCUT2D eigenvalue weighted by atomic mass is 32.2. The van der Waals surface area contributed by atoms with Crippen LogP contribution < -0.4 is 10.1 Å². The largest absolute Gasteiger partial charge is 0.497 e. The van der Waals surface area contributed by atoms with Crippen molar-refractivity contribution in [3.05, 3.63) is 53.6 Å². The number of aromatic nitrogens is 3. The van der Waals surface area contributed by atoms with Gasteiger partial charge in [0.25, 0.3) is 0 Å². The van der Waals surface area contributed by atoms with Crippen LogP contribution in [0.25, 0.3) is 11.4 Å². The number of thioether (sulfide) groups is 1. The van der Waals surface area contributed by atoms with Crippen molar-refractivity contribution in [2.75, 3.05) is 18.2 Å². The fourth-order valence-corrected chi connectivity index (χ4v) is 4.01. The first-order chi connectivity index (χ1) is 14.5. The summed E-state index contributed by atoms with van der Waals surface area (Å²) in [6, 6.07) is 13.8. The third-order valence-electron chi connectivity index (χ3n) is 4.64. The summed E-state index contributed by atoms with van der Waals surface area (Å²) in [5, 5.41) is 12.5. The van der Waals surface area contributed by atoms with Crippen molar-refractivity contribution in [2.24, 2.45) is 0 Å². The number of rotatable bonds is 9. The van der Waals surface area contributed by atoms with E-state index in [0.29, 0.717) is 0 Å². The van der Waals surface area contributed by atoms with Crippen LogP contribution in [-0.2, 0) is 11.3 Å². The smallest absolute Gasteiger partial charge is 0.234 e. The van der Waals surface area contributed by atoms with E-state index >= 15 is 0 Å². The molecule has 0 spiro atoms. The lowest BCUT2D eigenvalue weighted by atomic mass is 10.1. The molecule has 0 aliphatic carbocycles. The van der Waals surface area contributed by atoms with Gasteiger partial charge in [0.05, 0.1) is 12.9 Å². The Morgan fingerprint density at radius 1 is 1.10 bits per heavy atom. The van der Waals surface area contributed by atoms with Gasteiger partial charge in [-0.05, 0) is 67.8 Å². The minimum Gasteiger partial charge on any atom is -0.497 e. The third kappa shape index (κ3) is 5.63. The van der Waals surface area contributed by atoms with Crippen LogP contribution in [0.5, 0.6) is 5.75 Å². The second-order valence-corrected chi connectivity index (χ2v) is 8.20. The summed E-state index contributed by atoms with van der Waals surface area (Å²) in [7, 11) is 1.65. The van der Waals surface area contributed by atoms with Gasteiger partial charge in [-0.15, -0.1) is 10.2 Å². The molecular formula is C23H28N4O2S. The van der Waals surface area contributed by atoms with Crippen LogP contribution >= 0.6 is 11.8 Å². The Morgan fingerprint density at radius 2 is 1.80 bits per heavy atom. The number of nitrogens with zero attached hydrogens (tertiary/aromatic N) is 3. The van der Waals surface area contributed by atoms with E-state index < -0.39 is 0 Å². The Bertz CT molecular complexity index is 979. The average molecular weight is 425 g/mol. The fraction of sp³-hybridized carbons (Fsp3) is 0.348. The van der Waals surface area contributed by atoms with Gasteiger partial charge in [0.2, 0.25) is 5.91 Å². The van der Waals surface area contributed by atoms with E-state index in [9.17, 15) is 4.79 Å². The molecule has 0 saturated heterocycles. The van der Waals surface area contributed by atoms with Crippen molar-refractivity contribution >= 4 is 23.4 Å². The van der Waals surface area contributed by atoms with Crippen LogP contribution in [0.15, 0.2) is 47.6 Å². The summed E-state index contributed by atoms with van der Waals surface area (Å²) in [6.07, 6.45) is 2.08. The molecule has 0 bridgehead atoms. The molecule has 1 aromatic heterocycles. The molecule has 7 heteroatoms. The van der Waals surface area contributed by atoms with Gasteiger partial charge in [0.15, 0.2) is 11.0 Å². The van der Waals surface area contributed by atoms with Gasteiger partial charge in [-0.3, -0.25) is 4.79 Å². The van der Waals surface area contributed by atoms with Gasteiger partial charge >= 0.3 is 0 Å². The first kappa shape index (κ1) is 21.9. The number of ether oxygens (including phenoxy) is 1. The fourth-order valence-electron chi connectivity index (χ4n) is 3.24.